The molecule has 2 aliphatic rings. The van der Waals surface area contributed by atoms with E-state index in [9.17, 15) is 0 Å². The monoisotopic (exact) mass is 472 g/mol. The minimum Gasteiger partial charge on any atom is -0.285 e. The molecule has 37 heavy (non-hydrogen) atoms. The number of para-hydroxylation sites is 3. The first-order chi connectivity index (χ1) is 18.3. The summed E-state index contributed by atoms with van der Waals surface area (Å²) < 4.78 is 2.11. The summed E-state index contributed by atoms with van der Waals surface area (Å²) in [5.74, 6) is 0.644. The van der Waals surface area contributed by atoms with E-state index in [1.165, 1.54) is 10.8 Å². The van der Waals surface area contributed by atoms with Crippen LogP contribution in [0.4, 0.5) is 0 Å². The molecule has 8 rings (SSSR count). The molecular formula is C33H20N4. The number of benzene rings is 5. The molecule has 0 spiro atoms. The molecular weight excluding hydrogens is 452 g/mol. The van der Waals surface area contributed by atoms with Crippen LogP contribution in [0.1, 0.15) is 0 Å². The van der Waals surface area contributed by atoms with E-state index in [4.69, 9.17) is 15.0 Å². The molecule has 4 heteroatoms. The summed E-state index contributed by atoms with van der Waals surface area (Å²) in [5.41, 5.74) is 7.03. The molecule has 2 aliphatic heterocycles. The molecule has 6 aromatic rings. The number of rotatable bonds is 2. The summed E-state index contributed by atoms with van der Waals surface area (Å²) >= 11 is 0. The SMILES string of the molecule is c1ccc2cc(-c3nc(-n4cc5c6ccccc6nc-5c5ccccc54)nc4ccccc34)ccc2c1. The number of aromatic nitrogens is 4. The van der Waals surface area contributed by atoms with Crippen LogP contribution in [0.25, 0.3) is 71.9 Å². The van der Waals surface area contributed by atoms with Gasteiger partial charge in [-0.1, -0.05) is 91.0 Å². The highest BCUT2D eigenvalue weighted by molar-refractivity contribution is 6.06. The highest BCUT2D eigenvalue weighted by Crippen LogP contribution is 2.38. The zero-order valence-corrected chi connectivity index (χ0v) is 19.8. The smallest absolute Gasteiger partial charge is 0.235 e. The van der Waals surface area contributed by atoms with Crippen molar-refractivity contribution in [2.45, 2.75) is 0 Å². The first kappa shape index (κ1) is 20.1. The van der Waals surface area contributed by atoms with Gasteiger partial charge in [-0.05, 0) is 35.0 Å². The van der Waals surface area contributed by atoms with Gasteiger partial charge < -0.3 is 0 Å². The van der Waals surface area contributed by atoms with Crippen LogP contribution in [-0.2, 0) is 0 Å². The lowest BCUT2D eigenvalue weighted by molar-refractivity contribution is 0.974. The van der Waals surface area contributed by atoms with Crippen molar-refractivity contribution in [1.82, 2.24) is 19.5 Å². The second-order valence-corrected chi connectivity index (χ2v) is 9.36. The number of hydrogen-bond acceptors (Lipinski definition) is 3. The average Bonchev–Trinajstić information content (AvgIpc) is 3.35. The Morgan fingerprint density at radius 1 is 0.486 bits per heavy atom. The van der Waals surface area contributed by atoms with Crippen LogP contribution < -0.4 is 0 Å². The lowest BCUT2D eigenvalue weighted by Gasteiger charge is -2.16. The maximum atomic E-state index is 5.20. The van der Waals surface area contributed by atoms with E-state index in [-0.39, 0.29) is 0 Å². The fraction of sp³-hybridized carbons (Fsp3) is 0. The summed E-state index contributed by atoms with van der Waals surface area (Å²) in [6.07, 6.45) is 2.14. The van der Waals surface area contributed by atoms with Crippen LogP contribution in [-0.4, -0.2) is 19.5 Å². The second kappa shape index (κ2) is 7.70. The normalized spacial score (nSPS) is 11.8. The Morgan fingerprint density at radius 2 is 1.16 bits per heavy atom. The third-order valence-corrected chi connectivity index (χ3v) is 7.19. The Morgan fingerprint density at radius 3 is 2.03 bits per heavy atom. The molecule has 1 aromatic heterocycles. The zero-order chi connectivity index (χ0) is 24.3. The average molecular weight is 473 g/mol. The predicted octanol–water partition coefficient (Wildman–Crippen LogP) is 8.05. The first-order valence-corrected chi connectivity index (χ1v) is 12.4. The fourth-order valence-corrected chi connectivity index (χ4v) is 5.42. The van der Waals surface area contributed by atoms with E-state index in [0.29, 0.717) is 5.95 Å². The molecule has 5 aromatic carbocycles. The molecule has 0 aliphatic carbocycles. The van der Waals surface area contributed by atoms with Gasteiger partial charge >= 0.3 is 0 Å². The van der Waals surface area contributed by atoms with Crippen molar-refractivity contribution in [3.05, 3.63) is 121 Å². The first-order valence-electron chi connectivity index (χ1n) is 12.4. The van der Waals surface area contributed by atoms with Crippen LogP contribution in [0.15, 0.2) is 121 Å². The van der Waals surface area contributed by atoms with Gasteiger partial charge in [0.15, 0.2) is 0 Å². The van der Waals surface area contributed by atoms with E-state index >= 15 is 0 Å². The standard InChI is InChI=1S/C33H20N4/c1-2-10-22-19-23(18-17-21(22)9-1)31-25-12-4-7-15-29(25)35-33(36-31)37-20-27-24-11-3-6-14-28(24)34-32(27)26-13-5-8-16-30(26)37/h1-20H. The Kier molecular flexibility index (Phi) is 4.19. The van der Waals surface area contributed by atoms with Crippen LogP contribution in [0.2, 0.25) is 0 Å². The van der Waals surface area contributed by atoms with Crippen molar-refractivity contribution in [2.24, 2.45) is 0 Å². The molecule has 0 bridgehead atoms. The van der Waals surface area contributed by atoms with Crippen LogP contribution in [0.5, 0.6) is 0 Å². The van der Waals surface area contributed by atoms with Gasteiger partial charge in [-0.15, -0.1) is 0 Å². The van der Waals surface area contributed by atoms with Crippen molar-refractivity contribution in [3.8, 4) is 28.5 Å². The maximum absolute atomic E-state index is 5.20. The number of hydrogen-bond donors (Lipinski definition) is 0. The van der Waals surface area contributed by atoms with E-state index in [0.717, 1.165) is 55.2 Å². The lowest BCUT2D eigenvalue weighted by Crippen LogP contribution is -2.06. The predicted molar refractivity (Wildman–Crippen MR) is 151 cm³/mol. The molecule has 4 nitrogen and oxygen atoms in total. The molecule has 3 heterocycles. The third-order valence-electron chi connectivity index (χ3n) is 7.19. The molecule has 0 radical (unpaired) electrons. The van der Waals surface area contributed by atoms with Crippen LogP contribution >= 0.6 is 0 Å². The van der Waals surface area contributed by atoms with Gasteiger partial charge in [-0.2, -0.15) is 0 Å². The highest BCUT2D eigenvalue weighted by atomic mass is 15.1. The number of pyridine rings is 1. The Balaban J connectivity index is 1.46. The van der Waals surface area contributed by atoms with Crippen molar-refractivity contribution >= 4 is 43.5 Å². The molecule has 0 unspecified atom stereocenters. The van der Waals surface area contributed by atoms with Gasteiger partial charge in [0.1, 0.15) is 0 Å². The number of fused-ring (bicyclic) bond motifs is 7. The minimum atomic E-state index is 0.644. The van der Waals surface area contributed by atoms with E-state index in [1.54, 1.807) is 0 Å². The highest BCUT2D eigenvalue weighted by Gasteiger charge is 2.19. The van der Waals surface area contributed by atoms with Gasteiger partial charge in [0.2, 0.25) is 5.95 Å². The summed E-state index contributed by atoms with van der Waals surface area (Å²) in [6.45, 7) is 0. The van der Waals surface area contributed by atoms with Crippen molar-refractivity contribution in [2.75, 3.05) is 0 Å². The molecule has 0 amide bonds. The van der Waals surface area contributed by atoms with Crippen molar-refractivity contribution < 1.29 is 0 Å². The third kappa shape index (κ3) is 3.06. The molecule has 172 valence electrons. The quantitative estimate of drug-likeness (QED) is 0.256. The zero-order valence-electron chi connectivity index (χ0n) is 19.8. The lowest BCUT2D eigenvalue weighted by atomic mass is 10.0. The molecule has 0 saturated carbocycles. The van der Waals surface area contributed by atoms with Crippen LogP contribution in [0.3, 0.4) is 0 Å². The van der Waals surface area contributed by atoms with E-state index in [2.05, 4.69) is 108 Å². The van der Waals surface area contributed by atoms with Gasteiger partial charge in [-0.3, -0.25) is 4.57 Å². The Labute approximate surface area is 212 Å². The van der Waals surface area contributed by atoms with Crippen molar-refractivity contribution in [3.63, 3.8) is 0 Å². The topological polar surface area (TPSA) is 43.6 Å². The fourth-order valence-electron chi connectivity index (χ4n) is 5.42. The number of nitrogens with zero attached hydrogens (tertiary/aromatic N) is 4. The maximum Gasteiger partial charge on any atom is 0.235 e. The molecule has 0 saturated heterocycles. The van der Waals surface area contributed by atoms with Crippen LogP contribution in [0, 0.1) is 0 Å². The Hall–Kier alpha value is -5.09. The molecule has 0 atom stereocenters. The summed E-state index contributed by atoms with van der Waals surface area (Å²) in [7, 11) is 0. The van der Waals surface area contributed by atoms with Gasteiger partial charge in [-0.25, -0.2) is 15.0 Å². The second-order valence-electron chi connectivity index (χ2n) is 9.36. The molecule has 0 N–H and O–H groups in total. The molecule has 0 fully saturated rings. The van der Waals surface area contributed by atoms with E-state index in [1.807, 2.05) is 18.2 Å². The van der Waals surface area contributed by atoms with E-state index < -0.39 is 0 Å². The van der Waals surface area contributed by atoms with Crippen molar-refractivity contribution in [1.29, 1.82) is 0 Å². The summed E-state index contributed by atoms with van der Waals surface area (Å²) in [5, 5.41) is 5.66. The van der Waals surface area contributed by atoms with Gasteiger partial charge in [0.05, 0.1) is 27.9 Å². The van der Waals surface area contributed by atoms with Gasteiger partial charge in [0.25, 0.3) is 0 Å². The minimum absolute atomic E-state index is 0.644. The summed E-state index contributed by atoms with van der Waals surface area (Å²) in [4.78, 5) is 15.2. The Bertz CT molecular complexity index is 2100. The summed E-state index contributed by atoms with van der Waals surface area (Å²) in [6, 6.07) is 39.9. The largest absolute Gasteiger partial charge is 0.285 e. The van der Waals surface area contributed by atoms with Gasteiger partial charge in [0, 0.05) is 33.5 Å².